The Hall–Kier alpha value is -0.410. The quantitative estimate of drug-likeness (QED) is 0.720. The van der Waals surface area contributed by atoms with Crippen LogP contribution in [0, 0.1) is 12.3 Å². The molecule has 1 aromatic heterocycles. The molecule has 1 saturated carbocycles. The van der Waals surface area contributed by atoms with Crippen LogP contribution in [0.5, 0.6) is 0 Å². The van der Waals surface area contributed by atoms with E-state index in [-0.39, 0.29) is 5.41 Å². The molecule has 1 heterocycles. The Morgan fingerprint density at radius 3 is 2.50 bits per heavy atom. The molecule has 2 rings (SSSR count). The van der Waals surface area contributed by atoms with Crippen molar-refractivity contribution < 1.29 is 0 Å². The molecule has 0 radical (unpaired) electrons. The number of nitrogens with zero attached hydrogens (tertiary/aromatic N) is 1. The van der Waals surface area contributed by atoms with Gasteiger partial charge in [-0.1, -0.05) is 13.8 Å². The molecule has 0 aliphatic heterocycles. The number of thiazole rings is 1. The van der Waals surface area contributed by atoms with Gasteiger partial charge in [0.1, 0.15) is 0 Å². The van der Waals surface area contributed by atoms with E-state index in [9.17, 15) is 0 Å². The molecule has 0 amide bonds. The predicted octanol–water partition coefficient (Wildman–Crippen LogP) is 1.90. The first kappa shape index (κ1) is 8.20. The van der Waals surface area contributed by atoms with Crippen LogP contribution in [-0.2, 0) is 0 Å². The van der Waals surface area contributed by atoms with E-state index in [1.807, 2.05) is 5.51 Å². The van der Waals surface area contributed by atoms with Crippen LogP contribution < -0.4 is 5.73 Å². The van der Waals surface area contributed by atoms with Gasteiger partial charge in [-0.2, -0.15) is 0 Å². The highest BCUT2D eigenvalue weighted by molar-refractivity contribution is 7.09. The Labute approximate surface area is 76.8 Å². The highest BCUT2D eigenvalue weighted by Gasteiger charge is 2.57. The first-order chi connectivity index (χ1) is 5.55. The number of aryl methyl sites for hydroxylation is 1. The molecular formula is C9H14N2S. The fourth-order valence-electron chi connectivity index (χ4n) is 1.79. The third-order valence-electron chi connectivity index (χ3n) is 2.98. The molecule has 3 heteroatoms. The smallest absolute Gasteiger partial charge is 0.0797 e. The largest absolute Gasteiger partial charge is 0.327 e. The van der Waals surface area contributed by atoms with E-state index in [2.05, 4.69) is 25.8 Å². The molecule has 2 N–H and O–H groups in total. The normalized spacial score (nSPS) is 32.0. The van der Waals surface area contributed by atoms with E-state index < -0.39 is 0 Å². The Bertz CT molecular complexity index is 303. The third kappa shape index (κ3) is 0.930. The second-order valence-electron chi connectivity index (χ2n) is 4.13. The zero-order valence-corrected chi connectivity index (χ0v) is 8.48. The summed E-state index contributed by atoms with van der Waals surface area (Å²) in [6.45, 7) is 6.51. The maximum absolute atomic E-state index is 5.98. The lowest BCUT2D eigenvalue weighted by Crippen LogP contribution is -2.06. The monoisotopic (exact) mass is 182 g/mol. The van der Waals surface area contributed by atoms with Crippen LogP contribution in [0.25, 0.3) is 0 Å². The molecule has 2 atom stereocenters. The molecule has 0 aromatic carbocycles. The molecule has 1 aliphatic carbocycles. The molecule has 1 aliphatic rings. The van der Waals surface area contributed by atoms with Gasteiger partial charge in [0.05, 0.1) is 11.2 Å². The van der Waals surface area contributed by atoms with Gasteiger partial charge >= 0.3 is 0 Å². The van der Waals surface area contributed by atoms with E-state index in [1.54, 1.807) is 11.3 Å². The average molecular weight is 182 g/mol. The number of hydrogen-bond donors (Lipinski definition) is 1. The van der Waals surface area contributed by atoms with Crippen molar-refractivity contribution in [2.24, 2.45) is 11.1 Å². The van der Waals surface area contributed by atoms with Gasteiger partial charge in [-0.3, -0.25) is 0 Å². The molecule has 0 bridgehead atoms. The van der Waals surface area contributed by atoms with E-state index in [1.165, 1.54) is 4.88 Å². The van der Waals surface area contributed by atoms with Crippen LogP contribution in [0.4, 0.5) is 0 Å². The topological polar surface area (TPSA) is 38.9 Å². The van der Waals surface area contributed by atoms with E-state index in [0.717, 1.165) is 5.69 Å². The van der Waals surface area contributed by atoms with E-state index in [0.29, 0.717) is 12.0 Å². The summed E-state index contributed by atoms with van der Waals surface area (Å²) in [5, 5.41) is 0. The summed E-state index contributed by atoms with van der Waals surface area (Å²) in [4.78, 5) is 5.62. The van der Waals surface area contributed by atoms with Crippen LogP contribution in [-0.4, -0.2) is 11.0 Å². The minimum absolute atomic E-state index is 0.289. The molecular weight excluding hydrogens is 168 g/mol. The molecule has 66 valence electrons. The average Bonchev–Trinajstić information content (AvgIpc) is 2.39. The van der Waals surface area contributed by atoms with Gasteiger partial charge in [0.15, 0.2) is 0 Å². The third-order valence-corrected chi connectivity index (χ3v) is 3.99. The maximum Gasteiger partial charge on any atom is 0.0797 e. The van der Waals surface area contributed by atoms with Crippen molar-refractivity contribution in [3.63, 3.8) is 0 Å². The van der Waals surface area contributed by atoms with Gasteiger partial charge in [-0.15, -0.1) is 11.3 Å². The summed E-state index contributed by atoms with van der Waals surface area (Å²) < 4.78 is 0. The predicted molar refractivity (Wildman–Crippen MR) is 51.3 cm³/mol. The van der Waals surface area contributed by atoms with Gasteiger partial charge in [0.2, 0.25) is 0 Å². The highest BCUT2D eigenvalue weighted by Crippen LogP contribution is 2.58. The summed E-state index contributed by atoms with van der Waals surface area (Å²) in [5.74, 6) is 0.546. The molecule has 12 heavy (non-hydrogen) atoms. The fourth-order valence-corrected chi connectivity index (χ4v) is 2.93. The SMILES string of the molecule is Cc1ncsc1[C@H]1[C@H](N)C1(C)C. The lowest BCUT2D eigenvalue weighted by Gasteiger charge is -1.99. The summed E-state index contributed by atoms with van der Waals surface area (Å²) in [6.07, 6.45) is 0. The molecule has 0 saturated heterocycles. The van der Waals surface area contributed by atoms with Gasteiger partial charge in [-0.25, -0.2) is 4.98 Å². The second kappa shape index (κ2) is 2.30. The number of nitrogens with two attached hydrogens (primary N) is 1. The van der Waals surface area contributed by atoms with Gasteiger partial charge in [0, 0.05) is 16.8 Å². The van der Waals surface area contributed by atoms with Crippen LogP contribution in [0.1, 0.15) is 30.3 Å². The standard InChI is InChI=1S/C9H14N2S/c1-5-7(12-4-11-5)6-8(10)9(6,2)3/h4,6,8H,10H2,1-3H3/t6-,8-/m0/s1. The van der Waals surface area contributed by atoms with Crippen molar-refractivity contribution in [3.05, 3.63) is 16.1 Å². The fraction of sp³-hybridized carbons (Fsp3) is 0.667. The number of aromatic nitrogens is 1. The Morgan fingerprint density at radius 1 is 1.58 bits per heavy atom. The Balaban J connectivity index is 2.30. The van der Waals surface area contributed by atoms with Crippen LogP contribution in [0.2, 0.25) is 0 Å². The molecule has 1 fully saturated rings. The van der Waals surface area contributed by atoms with Gasteiger partial charge in [0.25, 0.3) is 0 Å². The Morgan fingerprint density at radius 2 is 2.17 bits per heavy atom. The number of rotatable bonds is 1. The summed E-state index contributed by atoms with van der Waals surface area (Å²) in [5.41, 5.74) is 9.34. The van der Waals surface area contributed by atoms with Gasteiger partial charge in [-0.05, 0) is 12.3 Å². The second-order valence-corrected chi connectivity index (χ2v) is 5.01. The first-order valence-corrected chi connectivity index (χ1v) is 5.08. The van der Waals surface area contributed by atoms with Crippen molar-refractivity contribution in [3.8, 4) is 0 Å². The van der Waals surface area contributed by atoms with Crippen molar-refractivity contribution in [2.45, 2.75) is 32.7 Å². The van der Waals surface area contributed by atoms with E-state index in [4.69, 9.17) is 5.73 Å². The molecule has 1 aromatic rings. The van der Waals surface area contributed by atoms with Crippen molar-refractivity contribution >= 4 is 11.3 Å². The van der Waals surface area contributed by atoms with Crippen molar-refractivity contribution in [2.75, 3.05) is 0 Å². The lowest BCUT2D eigenvalue weighted by atomic mass is 10.1. The highest BCUT2D eigenvalue weighted by atomic mass is 32.1. The minimum Gasteiger partial charge on any atom is -0.327 e. The van der Waals surface area contributed by atoms with Gasteiger partial charge < -0.3 is 5.73 Å². The number of hydrogen-bond acceptors (Lipinski definition) is 3. The molecule has 0 spiro atoms. The lowest BCUT2D eigenvalue weighted by molar-refractivity contribution is 0.600. The minimum atomic E-state index is 0.289. The summed E-state index contributed by atoms with van der Waals surface area (Å²) in [7, 11) is 0. The molecule has 0 unspecified atom stereocenters. The molecule has 2 nitrogen and oxygen atoms in total. The summed E-state index contributed by atoms with van der Waals surface area (Å²) >= 11 is 1.74. The van der Waals surface area contributed by atoms with E-state index >= 15 is 0 Å². The van der Waals surface area contributed by atoms with Crippen LogP contribution >= 0.6 is 11.3 Å². The van der Waals surface area contributed by atoms with Crippen molar-refractivity contribution in [1.82, 2.24) is 4.98 Å². The first-order valence-electron chi connectivity index (χ1n) is 4.20. The van der Waals surface area contributed by atoms with Crippen LogP contribution in [0.3, 0.4) is 0 Å². The van der Waals surface area contributed by atoms with Crippen LogP contribution in [0.15, 0.2) is 5.51 Å². The van der Waals surface area contributed by atoms with Crippen molar-refractivity contribution in [1.29, 1.82) is 0 Å². The summed E-state index contributed by atoms with van der Waals surface area (Å²) in [6, 6.07) is 0.330. The zero-order valence-electron chi connectivity index (χ0n) is 7.66. The maximum atomic E-state index is 5.98. The zero-order chi connectivity index (χ0) is 8.93. The Kier molecular flexibility index (Phi) is 1.57.